The molecule has 0 bridgehead atoms. The van der Waals surface area contributed by atoms with Gasteiger partial charge in [-0.3, -0.25) is 14.4 Å². The molecule has 3 rings (SSSR count). The summed E-state index contributed by atoms with van der Waals surface area (Å²) >= 11 is 0. The van der Waals surface area contributed by atoms with Crippen LogP contribution in [0.1, 0.15) is 54.6 Å². The molecule has 0 aliphatic carbocycles. The Hall–Kier alpha value is -3.66. The topological polar surface area (TPSA) is 102 Å². The van der Waals surface area contributed by atoms with Gasteiger partial charge in [0.1, 0.15) is 12.1 Å². The molecule has 33 heavy (non-hydrogen) atoms. The van der Waals surface area contributed by atoms with Gasteiger partial charge in [-0.1, -0.05) is 50.6 Å². The molecular formula is C26H30N4O3. The standard InChI is InChI=1S/C26H30N4O3/c1-3-18(2)23(29-24(31)21-8-5-4-6-9-21)26(33)30-15-7-10-22(30)25(32)28-17-20-13-11-19(16-27)12-14-20/h4-6,8-9,11-14,18,22-23H,3,7,10,15,17H2,1-2H3,(H,28,32)(H,29,31)/t18?,22-,23?/m0/s1. The van der Waals surface area contributed by atoms with Gasteiger partial charge in [-0.15, -0.1) is 0 Å². The van der Waals surface area contributed by atoms with E-state index < -0.39 is 12.1 Å². The first kappa shape index (κ1) is 24.0. The van der Waals surface area contributed by atoms with E-state index in [0.29, 0.717) is 30.6 Å². The number of nitriles is 1. The number of benzene rings is 2. The van der Waals surface area contributed by atoms with Crippen LogP contribution in [-0.2, 0) is 16.1 Å². The van der Waals surface area contributed by atoms with Crippen molar-refractivity contribution in [1.82, 2.24) is 15.5 Å². The molecule has 1 aliphatic heterocycles. The van der Waals surface area contributed by atoms with E-state index in [2.05, 4.69) is 16.7 Å². The van der Waals surface area contributed by atoms with Crippen LogP contribution in [0.25, 0.3) is 0 Å². The lowest BCUT2D eigenvalue weighted by atomic mass is 9.97. The minimum atomic E-state index is -0.699. The second-order valence-electron chi connectivity index (χ2n) is 8.42. The minimum Gasteiger partial charge on any atom is -0.350 e. The second-order valence-corrected chi connectivity index (χ2v) is 8.42. The van der Waals surface area contributed by atoms with Crippen molar-refractivity contribution in [2.24, 2.45) is 5.92 Å². The molecule has 0 saturated carbocycles. The molecule has 2 aromatic carbocycles. The highest BCUT2D eigenvalue weighted by molar-refractivity contribution is 5.98. The van der Waals surface area contributed by atoms with Gasteiger partial charge < -0.3 is 15.5 Å². The molecule has 0 spiro atoms. The summed E-state index contributed by atoms with van der Waals surface area (Å²) in [7, 11) is 0. The molecule has 3 atom stereocenters. The molecule has 7 nitrogen and oxygen atoms in total. The van der Waals surface area contributed by atoms with Gasteiger partial charge in [-0.2, -0.15) is 5.26 Å². The van der Waals surface area contributed by atoms with Gasteiger partial charge >= 0.3 is 0 Å². The Kier molecular flexibility index (Phi) is 8.20. The number of nitrogens with zero attached hydrogens (tertiary/aromatic N) is 2. The molecule has 172 valence electrons. The van der Waals surface area contributed by atoms with E-state index in [4.69, 9.17) is 5.26 Å². The van der Waals surface area contributed by atoms with Crippen LogP contribution in [0.3, 0.4) is 0 Å². The van der Waals surface area contributed by atoms with E-state index in [1.165, 1.54) is 0 Å². The Morgan fingerprint density at radius 3 is 2.45 bits per heavy atom. The van der Waals surface area contributed by atoms with Crippen molar-refractivity contribution in [1.29, 1.82) is 5.26 Å². The fraction of sp³-hybridized carbons (Fsp3) is 0.385. The Balaban J connectivity index is 1.67. The molecule has 0 aromatic heterocycles. The van der Waals surface area contributed by atoms with E-state index in [-0.39, 0.29) is 23.6 Å². The molecule has 1 aliphatic rings. The summed E-state index contributed by atoms with van der Waals surface area (Å²) in [6.07, 6.45) is 2.04. The maximum absolute atomic E-state index is 13.5. The predicted molar refractivity (Wildman–Crippen MR) is 125 cm³/mol. The number of hydrogen-bond acceptors (Lipinski definition) is 4. The van der Waals surface area contributed by atoms with Gasteiger partial charge in [0.05, 0.1) is 11.6 Å². The molecule has 2 N–H and O–H groups in total. The molecule has 2 unspecified atom stereocenters. The average Bonchev–Trinajstić information content (AvgIpc) is 3.36. The van der Waals surface area contributed by atoms with Crippen LogP contribution in [0.5, 0.6) is 0 Å². The highest BCUT2D eigenvalue weighted by Gasteiger charge is 2.39. The summed E-state index contributed by atoms with van der Waals surface area (Å²) < 4.78 is 0. The van der Waals surface area contributed by atoms with Crippen LogP contribution in [0.2, 0.25) is 0 Å². The van der Waals surface area contributed by atoms with Crippen molar-refractivity contribution in [2.45, 2.75) is 51.7 Å². The average molecular weight is 447 g/mol. The largest absolute Gasteiger partial charge is 0.350 e. The summed E-state index contributed by atoms with van der Waals surface area (Å²) in [5, 5.41) is 14.7. The van der Waals surface area contributed by atoms with E-state index in [9.17, 15) is 14.4 Å². The fourth-order valence-corrected chi connectivity index (χ4v) is 3.98. The van der Waals surface area contributed by atoms with Crippen LogP contribution in [0, 0.1) is 17.2 Å². The van der Waals surface area contributed by atoms with Crippen LogP contribution in [0.4, 0.5) is 0 Å². The number of carbonyl (C=O) groups is 3. The van der Waals surface area contributed by atoms with Crippen LogP contribution >= 0.6 is 0 Å². The van der Waals surface area contributed by atoms with Gasteiger partial charge in [0.2, 0.25) is 11.8 Å². The lowest BCUT2D eigenvalue weighted by molar-refractivity contribution is -0.140. The second kappa shape index (κ2) is 11.3. The fourth-order valence-electron chi connectivity index (χ4n) is 3.98. The maximum atomic E-state index is 13.5. The van der Waals surface area contributed by atoms with Crippen molar-refractivity contribution in [3.8, 4) is 6.07 Å². The number of likely N-dealkylation sites (tertiary alicyclic amines) is 1. The van der Waals surface area contributed by atoms with Crippen molar-refractivity contribution >= 4 is 17.7 Å². The Morgan fingerprint density at radius 1 is 1.12 bits per heavy atom. The zero-order chi connectivity index (χ0) is 23.8. The van der Waals surface area contributed by atoms with Crippen molar-refractivity contribution in [3.05, 3.63) is 71.3 Å². The zero-order valence-electron chi connectivity index (χ0n) is 19.1. The Morgan fingerprint density at radius 2 is 1.82 bits per heavy atom. The summed E-state index contributed by atoms with van der Waals surface area (Å²) in [5.74, 6) is -0.796. The summed E-state index contributed by atoms with van der Waals surface area (Å²) in [6, 6.07) is 16.6. The van der Waals surface area contributed by atoms with E-state index in [1.807, 2.05) is 19.9 Å². The molecule has 1 fully saturated rings. The number of carbonyl (C=O) groups excluding carboxylic acids is 3. The third-order valence-electron chi connectivity index (χ3n) is 6.19. The monoisotopic (exact) mass is 446 g/mol. The van der Waals surface area contributed by atoms with Gasteiger partial charge in [0.25, 0.3) is 5.91 Å². The minimum absolute atomic E-state index is 0.0758. The molecular weight excluding hydrogens is 416 g/mol. The Bertz CT molecular complexity index is 1010. The molecule has 1 saturated heterocycles. The van der Waals surface area contributed by atoms with E-state index in [1.54, 1.807) is 53.4 Å². The number of hydrogen-bond donors (Lipinski definition) is 2. The van der Waals surface area contributed by atoms with Crippen LogP contribution in [-0.4, -0.2) is 41.2 Å². The van der Waals surface area contributed by atoms with Gasteiger partial charge in [0, 0.05) is 18.7 Å². The summed E-state index contributed by atoms with van der Waals surface area (Å²) in [4.78, 5) is 40.7. The first-order valence-corrected chi connectivity index (χ1v) is 11.4. The quantitative estimate of drug-likeness (QED) is 0.651. The van der Waals surface area contributed by atoms with Crippen molar-refractivity contribution in [3.63, 3.8) is 0 Å². The maximum Gasteiger partial charge on any atom is 0.251 e. The smallest absolute Gasteiger partial charge is 0.251 e. The highest BCUT2D eigenvalue weighted by atomic mass is 16.2. The lowest BCUT2D eigenvalue weighted by Gasteiger charge is -2.31. The number of rotatable bonds is 8. The van der Waals surface area contributed by atoms with Crippen LogP contribution < -0.4 is 10.6 Å². The van der Waals surface area contributed by atoms with Gasteiger partial charge in [-0.05, 0) is 48.6 Å². The Labute approximate surface area is 194 Å². The van der Waals surface area contributed by atoms with Crippen molar-refractivity contribution < 1.29 is 14.4 Å². The third kappa shape index (κ3) is 5.98. The van der Waals surface area contributed by atoms with Gasteiger partial charge in [0.15, 0.2) is 0 Å². The predicted octanol–water partition coefficient (Wildman–Crippen LogP) is 3.01. The lowest BCUT2D eigenvalue weighted by Crippen LogP contribution is -2.55. The number of amides is 3. The third-order valence-corrected chi connectivity index (χ3v) is 6.19. The van der Waals surface area contributed by atoms with Crippen LogP contribution in [0.15, 0.2) is 54.6 Å². The SMILES string of the molecule is CCC(C)C(NC(=O)c1ccccc1)C(=O)N1CCC[C@H]1C(=O)NCc1ccc(C#N)cc1. The normalized spacial score (nSPS) is 17.0. The number of nitrogens with one attached hydrogen (secondary N) is 2. The summed E-state index contributed by atoms with van der Waals surface area (Å²) in [6.45, 7) is 4.72. The molecule has 1 heterocycles. The molecule has 3 amide bonds. The van der Waals surface area contributed by atoms with Crippen molar-refractivity contribution in [2.75, 3.05) is 6.54 Å². The summed E-state index contributed by atoms with van der Waals surface area (Å²) in [5.41, 5.74) is 1.94. The molecule has 7 heteroatoms. The van der Waals surface area contributed by atoms with Gasteiger partial charge in [-0.25, -0.2) is 0 Å². The molecule has 2 aromatic rings. The zero-order valence-corrected chi connectivity index (χ0v) is 19.1. The first-order chi connectivity index (χ1) is 15.9. The first-order valence-electron chi connectivity index (χ1n) is 11.4. The highest BCUT2D eigenvalue weighted by Crippen LogP contribution is 2.22. The molecule has 0 radical (unpaired) electrons. The van der Waals surface area contributed by atoms with E-state index >= 15 is 0 Å². The van der Waals surface area contributed by atoms with E-state index in [0.717, 1.165) is 18.4 Å².